The number of aliphatic imine (C=N–C) groups is 1. The molecule has 0 aliphatic heterocycles. The van der Waals surface area contributed by atoms with Crippen LogP contribution in [0.25, 0.3) is 0 Å². The van der Waals surface area contributed by atoms with E-state index in [-0.39, 0.29) is 5.41 Å². The van der Waals surface area contributed by atoms with Gasteiger partial charge in [0.05, 0.1) is 5.69 Å². The molecular weight excluding hydrogens is 340 g/mol. The molecule has 0 spiro atoms. The summed E-state index contributed by atoms with van der Waals surface area (Å²) in [6.07, 6.45) is 7.21. The van der Waals surface area contributed by atoms with E-state index in [1.165, 1.54) is 30.6 Å². The fourth-order valence-corrected chi connectivity index (χ4v) is 3.93. The molecule has 2 rings (SSSR count). The zero-order valence-corrected chi connectivity index (χ0v) is 17.7. The van der Waals surface area contributed by atoms with Gasteiger partial charge in [-0.25, -0.2) is 0 Å². The molecule has 146 valence electrons. The topological polar surface area (TPSA) is 62.4 Å². The number of thioether (sulfide) groups is 1. The SMILES string of the molecule is CSc1ccccc1NC(=NCC(C)(C)C)NCC1CCCC(CN)C1. The van der Waals surface area contributed by atoms with Crippen LogP contribution in [0, 0.1) is 17.3 Å². The quantitative estimate of drug-likeness (QED) is 0.386. The van der Waals surface area contributed by atoms with Gasteiger partial charge >= 0.3 is 0 Å². The third-order valence-corrected chi connectivity index (χ3v) is 5.65. The normalized spacial score (nSPS) is 21.5. The van der Waals surface area contributed by atoms with Crippen molar-refractivity contribution in [2.45, 2.75) is 51.3 Å². The lowest BCUT2D eigenvalue weighted by Crippen LogP contribution is -2.37. The number of hydrogen-bond acceptors (Lipinski definition) is 3. The summed E-state index contributed by atoms with van der Waals surface area (Å²) in [7, 11) is 0. The molecule has 2 unspecified atom stereocenters. The van der Waals surface area contributed by atoms with Gasteiger partial charge in [0, 0.05) is 18.0 Å². The van der Waals surface area contributed by atoms with Gasteiger partial charge in [0.15, 0.2) is 5.96 Å². The molecule has 1 fully saturated rings. The van der Waals surface area contributed by atoms with Gasteiger partial charge in [-0.05, 0) is 61.4 Å². The Kier molecular flexibility index (Phi) is 8.29. The van der Waals surface area contributed by atoms with Gasteiger partial charge in [0.25, 0.3) is 0 Å². The molecule has 26 heavy (non-hydrogen) atoms. The van der Waals surface area contributed by atoms with Crippen molar-refractivity contribution in [1.29, 1.82) is 0 Å². The van der Waals surface area contributed by atoms with Gasteiger partial charge < -0.3 is 16.4 Å². The minimum atomic E-state index is 0.170. The number of nitrogens with zero attached hydrogens (tertiary/aromatic N) is 1. The molecule has 0 aromatic heterocycles. The fourth-order valence-electron chi connectivity index (χ4n) is 3.37. The van der Waals surface area contributed by atoms with Gasteiger partial charge in [0.2, 0.25) is 0 Å². The lowest BCUT2D eigenvalue weighted by atomic mass is 9.81. The first-order chi connectivity index (χ1) is 12.4. The number of anilines is 1. The first kappa shape index (κ1) is 21.1. The maximum atomic E-state index is 5.89. The Labute approximate surface area is 163 Å². The van der Waals surface area contributed by atoms with Crippen molar-refractivity contribution in [2.75, 3.05) is 31.2 Å². The second kappa shape index (κ2) is 10.2. The number of nitrogens with one attached hydrogen (secondary N) is 2. The van der Waals surface area contributed by atoms with Crippen LogP contribution in [0.15, 0.2) is 34.2 Å². The van der Waals surface area contributed by atoms with E-state index in [1.54, 1.807) is 11.8 Å². The molecule has 1 aliphatic carbocycles. The van der Waals surface area contributed by atoms with Crippen molar-refractivity contribution in [2.24, 2.45) is 28.0 Å². The summed E-state index contributed by atoms with van der Waals surface area (Å²) in [4.78, 5) is 6.08. The summed E-state index contributed by atoms with van der Waals surface area (Å²) in [5, 5.41) is 7.12. The van der Waals surface area contributed by atoms with Crippen molar-refractivity contribution in [1.82, 2.24) is 5.32 Å². The minimum Gasteiger partial charge on any atom is -0.356 e. The molecule has 4 nitrogen and oxygen atoms in total. The van der Waals surface area contributed by atoms with E-state index >= 15 is 0 Å². The van der Waals surface area contributed by atoms with Gasteiger partial charge in [-0.3, -0.25) is 4.99 Å². The van der Waals surface area contributed by atoms with E-state index in [0.29, 0.717) is 11.8 Å². The van der Waals surface area contributed by atoms with E-state index in [1.807, 2.05) is 0 Å². The highest BCUT2D eigenvalue weighted by Gasteiger charge is 2.21. The summed E-state index contributed by atoms with van der Waals surface area (Å²) in [6.45, 7) is 9.24. The first-order valence-corrected chi connectivity index (χ1v) is 11.0. The van der Waals surface area contributed by atoms with Crippen LogP contribution in [0.1, 0.15) is 46.5 Å². The number of guanidine groups is 1. The van der Waals surface area contributed by atoms with E-state index in [2.05, 4.69) is 61.9 Å². The molecule has 1 aromatic carbocycles. The Bertz CT molecular complexity index is 580. The molecule has 0 bridgehead atoms. The summed E-state index contributed by atoms with van der Waals surface area (Å²) < 4.78 is 0. The Morgan fingerprint density at radius 1 is 1.23 bits per heavy atom. The molecular formula is C21H36N4S. The monoisotopic (exact) mass is 376 g/mol. The van der Waals surface area contributed by atoms with Crippen molar-refractivity contribution >= 4 is 23.4 Å². The summed E-state index contributed by atoms with van der Waals surface area (Å²) in [5.41, 5.74) is 7.18. The molecule has 0 saturated heterocycles. The van der Waals surface area contributed by atoms with Gasteiger partial charge in [-0.1, -0.05) is 39.3 Å². The number of nitrogens with two attached hydrogens (primary N) is 1. The maximum absolute atomic E-state index is 5.89. The van der Waals surface area contributed by atoms with Crippen molar-refractivity contribution in [3.63, 3.8) is 0 Å². The molecule has 1 saturated carbocycles. The Morgan fingerprint density at radius 2 is 1.96 bits per heavy atom. The van der Waals surface area contributed by atoms with Crippen molar-refractivity contribution < 1.29 is 0 Å². The second-order valence-corrected chi connectivity index (χ2v) is 9.41. The standard InChI is InChI=1S/C21H36N4S/c1-21(2,3)15-24-20(25-18-10-5-6-11-19(18)26-4)23-14-17-9-7-8-16(12-17)13-22/h5-6,10-11,16-17H,7-9,12-15,22H2,1-4H3,(H2,23,24,25). The van der Waals surface area contributed by atoms with Crippen LogP contribution in [0.3, 0.4) is 0 Å². The zero-order valence-electron chi connectivity index (χ0n) is 16.8. The molecule has 0 heterocycles. The fraction of sp³-hybridized carbons (Fsp3) is 0.667. The molecule has 1 aliphatic rings. The molecule has 0 amide bonds. The summed E-state index contributed by atoms with van der Waals surface area (Å²) >= 11 is 1.75. The third kappa shape index (κ3) is 7.20. The van der Waals surface area contributed by atoms with Crippen LogP contribution in [0.2, 0.25) is 0 Å². The summed E-state index contributed by atoms with van der Waals surface area (Å²) in [5.74, 6) is 2.27. The Balaban J connectivity index is 2.03. The molecule has 2 atom stereocenters. The molecule has 5 heteroatoms. The van der Waals surface area contributed by atoms with Gasteiger partial charge in [-0.2, -0.15) is 0 Å². The molecule has 4 N–H and O–H groups in total. The Hall–Kier alpha value is -1.20. The maximum Gasteiger partial charge on any atom is 0.195 e. The number of benzene rings is 1. The molecule has 1 aromatic rings. The predicted octanol–water partition coefficient (Wildman–Crippen LogP) is 4.58. The third-order valence-electron chi connectivity index (χ3n) is 4.85. The number of rotatable bonds is 6. The highest BCUT2D eigenvalue weighted by Crippen LogP contribution is 2.28. The minimum absolute atomic E-state index is 0.170. The Morgan fingerprint density at radius 3 is 2.65 bits per heavy atom. The van der Waals surface area contributed by atoms with Crippen LogP contribution >= 0.6 is 11.8 Å². The predicted molar refractivity (Wildman–Crippen MR) is 116 cm³/mol. The lowest BCUT2D eigenvalue weighted by molar-refractivity contribution is 0.271. The van der Waals surface area contributed by atoms with Crippen molar-refractivity contribution in [3.8, 4) is 0 Å². The average Bonchev–Trinajstić information content (AvgIpc) is 2.63. The highest BCUT2D eigenvalue weighted by molar-refractivity contribution is 7.98. The van der Waals surface area contributed by atoms with Crippen molar-refractivity contribution in [3.05, 3.63) is 24.3 Å². The van der Waals surface area contributed by atoms with Gasteiger partial charge in [-0.15, -0.1) is 11.8 Å². The number of hydrogen-bond donors (Lipinski definition) is 3. The number of para-hydroxylation sites is 1. The summed E-state index contributed by atoms with van der Waals surface area (Å²) in [6, 6.07) is 8.40. The lowest BCUT2D eigenvalue weighted by Gasteiger charge is -2.29. The van der Waals surface area contributed by atoms with Crippen LogP contribution < -0.4 is 16.4 Å². The van der Waals surface area contributed by atoms with Crippen LogP contribution in [0.4, 0.5) is 5.69 Å². The smallest absolute Gasteiger partial charge is 0.195 e. The van der Waals surface area contributed by atoms with E-state index < -0.39 is 0 Å². The molecule has 0 radical (unpaired) electrons. The van der Waals surface area contributed by atoms with E-state index in [0.717, 1.165) is 31.3 Å². The zero-order chi connectivity index (χ0) is 19.0. The highest BCUT2D eigenvalue weighted by atomic mass is 32.2. The first-order valence-electron chi connectivity index (χ1n) is 9.79. The van der Waals surface area contributed by atoms with E-state index in [4.69, 9.17) is 10.7 Å². The second-order valence-electron chi connectivity index (χ2n) is 8.57. The van der Waals surface area contributed by atoms with Crippen LogP contribution in [0.5, 0.6) is 0 Å². The largest absolute Gasteiger partial charge is 0.356 e. The van der Waals surface area contributed by atoms with E-state index in [9.17, 15) is 0 Å². The average molecular weight is 377 g/mol. The van der Waals surface area contributed by atoms with Crippen LogP contribution in [-0.4, -0.2) is 31.8 Å². The van der Waals surface area contributed by atoms with Gasteiger partial charge in [0.1, 0.15) is 0 Å². The van der Waals surface area contributed by atoms with Crippen LogP contribution in [-0.2, 0) is 0 Å².